The number of nitrogens with one attached hydrogen (secondary N) is 1. The van der Waals surface area contributed by atoms with Gasteiger partial charge in [0.05, 0.1) is 11.8 Å². The first kappa shape index (κ1) is 14.1. The van der Waals surface area contributed by atoms with Crippen molar-refractivity contribution < 1.29 is 15.0 Å². The third-order valence-electron chi connectivity index (χ3n) is 2.47. The van der Waals surface area contributed by atoms with Gasteiger partial charge in [-0.2, -0.15) is 5.10 Å². The van der Waals surface area contributed by atoms with Crippen molar-refractivity contribution in [3.05, 3.63) is 58.1 Å². The van der Waals surface area contributed by atoms with E-state index in [1.54, 1.807) is 0 Å². The number of phenols is 2. The van der Waals surface area contributed by atoms with Gasteiger partial charge in [-0.1, -0.05) is 28.1 Å². The number of carbonyl (C=O) groups excluding carboxylic acids is 1. The molecular formula is C14H11BrN2O3. The predicted octanol–water partition coefficient (Wildman–Crippen LogP) is 2.62. The molecule has 0 aromatic heterocycles. The van der Waals surface area contributed by atoms with Gasteiger partial charge in [-0.3, -0.25) is 4.79 Å². The second kappa shape index (κ2) is 6.21. The Morgan fingerprint density at radius 1 is 1.15 bits per heavy atom. The van der Waals surface area contributed by atoms with Crippen LogP contribution in [-0.4, -0.2) is 22.3 Å². The van der Waals surface area contributed by atoms with Crippen LogP contribution in [0.15, 0.2) is 52.0 Å². The first-order chi connectivity index (χ1) is 9.56. The summed E-state index contributed by atoms with van der Waals surface area (Å²) in [6.45, 7) is 0. The highest BCUT2D eigenvalue weighted by Gasteiger charge is 2.10. The summed E-state index contributed by atoms with van der Waals surface area (Å²) >= 11 is 3.32. The van der Waals surface area contributed by atoms with Crippen LogP contribution in [0.5, 0.6) is 11.5 Å². The van der Waals surface area contributed by atoms with Crippen LogP contribution in [-0.2, 0) is 0 Å². The van der Waals surface area contributed by atoms with Gasteiger partial charge in [-0.15, -0.1) is 0 Å². The lowest BCUT2D eigenvalue weighted by molar-refractivity contribution is 0.0952. The van der Waals surface area contributed by atoms with Crippen LogP contribution in [0.2, 0.25) is 0 Å². The molecule has 2 aromatic carbocycles. The number of halogens is 1. The molecule has 0 radical (unpaired) electrons. The molecule has 0 aliphatic carbocycles. The van der Waals surface area contributed by atoms with Crippen molar-refractivity contribution in [3.63, 3.8) is 0 Å². The number of hydrogen-bond donors (Lipinski definition) is 3. The molecule has 3 N–H and O–H groups in total. The normalized spacial score (nSPS) is 10.7. The van der Waals surface area contributed by atoms with E-state index in [2.05, 4.69) is 26.5 Å². The number of carbonyl (C=O) groups is 1. The van der Waals surface area contributed by atoms with Crippen LogP contribution in [0, 0.1) is 0 Å². The van der Waals surface area contributed by atoms with E-state index in [0.717, 1.165) is 10.0 Å². The van der Waals surface area contributed by atoms with Gasteiger partial charge in [0.25, 0.3) is 5.91 Å². The first-order valence-electron chi connectivity index (χ1n) is 5.67. The fraction of sp³-hybridized carbons (Fsp3) is 0. The third kappa shape index (κ3) is 3.58. The number of amides is 1. The van der Waals surface area contributed by atoms with Crippen molar-refractivity contribution in [1.82, 2.24) is 5.43 Å². The number of hydrogen-bond acceptors (Lipinski definition) is 4. The molecule has 1 amide bonds. The molecular weight excluding hydrogens is 324 g/mol. The molecule has 0 atom stereocenters. The quantitative estimate of drug-likeness (QED) is 0.458. The molecule has 0 fully saturated rings. The summed E-state index contributed by atoms with van der Waals surface area (Å²) in [7, 11) is 0. The van der Waals surface area contributed by atoms with Crippen LogP contribution in [0.1, 0.15) is 15.9 Å². The summed E-state index contributed by atoms with van der Waals surface area (Å²) in [6, 6.07) is 11.0. The van der Waals surface area contributed by atoms with Crippen LogP contribution < -0.4 is 5.43 Å². The Labute approximate surface area is 123 Å². The lowest BCUT2D eigenvalue weighted by Gasteiger charge is -2.03. The lowest BCUT2D eigenvalue weighted by atomic mass is 10.2. The molecule has 0 saturated carbocycles. The standard InChI is InChI=1S/C14H11BrN2O3/c15-10-3-1-9(2-4-10)8-16-17-14(20)12-7-11(18)5-6-13(12)19/h1-8,18-19H,(H,17,20). The van der Waals surface area contributed by atoms with Crippen LogP contribution in [0.4, 0.5) is 0 Å². The summed E-state index contributed by atoms with van der Waals surface area (Å²) < 4.78 is 0.948. The van der Waals surface area contributed by atoms with Crippen LogP contribution in [0.3, 0.4) is 0 Å². The minimum Gasteiger partial charge on any atom is -0.508 e. The Hall–Kier alpha value is -2.34. The third-order valence-corrected chi connectivity index (χ3v) is 3.00. The summed E-state index contributed by atoms with van der Waals surface area (Å²) in [5, 5.41) is 22.6. The van der Waals surface area contributed by atoms with Crippen molar-refractivity contribution in [2.24, 2.45) is 5.10 Å². The zero-order valence-electron chi connectivity index (χ0n) is 10.2. The maximum Gasteiger partial charge on any atom is 0.275 e. The van der Waals surface area contributed by atoms with Gasteiger partial charge >= 0.3 is 0 Å². The number of benzene rings is 2. The van der Waals surface area contributed by atoms with E-state index >= 15 is 0 Å². The second-order valence-corrected chi connectivity index (χ2v) is 4.87. The molecule has 6 heteroatoms. The average Bonchev–Trinajstić information content (AvgIpc) is 2.43. The average molecular weight is 335 g/mol. The molecule has 0 spiro atoms. The van der Waals surface area contributed by atoms with Crippen molar-refractivity contribution >= 4 is 28.1 Å². The highest BCUT2D eigenvalue weighted by molar-refractivity contribution is 9.10. The Balaban J connectivity index is 2.05. The van der Waals surface area contributed by atoms with E-state index in [1.165, 1.54) is 24.4 Å². The monoisotopic (exact) mass is 334 g/mol. The zero-order chi connectivity index (χ0) is 14.5. The van der Waals surface area contributed by atoms with Crippen LogP contribution >= 0.6 is 15.9 Å². The molecule has 2 aromatic rings. The summed E-state index contributed by atoms with van der Waals surface area (Å²) in [5.41, 5.74) is 3.05. The van der Waals surface area contributed by atoms with Gasteiger partial charge in [0.1, 0.15) is 11.5 Å². The van der Waals surface area contributed by atoms with E-state index in [0.29, 0.717) is 0 Å². The molecule has 102 valence electrons. The van der Waals surface area contributed by atoms with Crippen molar-refractivity contribution in [2.45, 2.75) is 0 Å². The van der Waals surface area contributed by atoms with Crippen molar-refractivity contribution in [3.8, 4) is 11.5 Å². The molecule has 0 aliphatic heterocycles. The molecule has 2 rings (SSSR count). The molecule has 0 aliphatic rings. The van der Waals surface area contributed by atoms with E-state index in [9.17, 15) is 15.0 Å². The van der Waals surface area contributed by atoms with Gasteiger partial charge in [0.15, 0.2) is 0 Å². The number of hydrazone groups is 1. The Bertz CT molecular complexity index is 654. The van der Waals surface area contributed by atoms with Gasteiger partial charge in [-0.05, 0) is 35.9 Å². The first-order valence-corrected chi connectivity index (χ1v) is 6.46. The summed E-state index contributed by atoms with van der Waals surface area (Å²) in [6.07, 6.45) is 1.48. The minimum absolute atomic E-state index is 0.0436. The van der Waals surface area contributed by atoms with E-state index in [-0.39, 0.29) is 17.1 Å². The lowest BCUT2D eigenvalue weighted by Crippen LogP contribution is -2.17. The molecule has 5 nitrogen and oxygen atoms in total. The van der Waals surface area contributed by atoms with Gasteiger partial charge in [0.2, 0.25) is 0 Å². The topological polar surface area (TPSA) is 81.9 Å². The van der Waals surface area contributed by atoms with Gasteiger partial charge < -0.3 is 10.2 Å². The van der Waals surface area contributed by atoms with Crippen molar-refractivity contribution in [2.75, 3.05) is 0 Å². The Morgan fingerprint density at radius 2 is 1.85 bits per heavy atom. The SMILES string of the molecule is O=C(NN=Cc1ccc(Br)cc1)c1cc(O)ccc1O. The van der Waals surface area contributed by atoms with E-state index in [4.69, 9.17) is 0 Å². The number of phenolic OH excluding ortho intramolecular Hbond substituents is 2. The number of rotatable bonds is 3. The summed E-state index contributed by atoms with van der Waals surface area (Å²) in [4.78, 5) is 11.8. The van der Waals surface area contributed by atoms with Gasteiger partial charge in [-0.25, -0.2) is 5.43 Å². The smallest absolute Gasteiger partial charge is 0.275 e. The maximum absolute atomic E-state index is 11.8. The van der Waals surface area contributed by atoms with Crippen molar-refractivity contribution in [1.29, 1.82) is 0 Å². The number of nitrogens with zero attached hydrogens (tertiary/aromatic N) is 1. The molecule has 0 bridgehead atoms. The largest absolute Gasteiger partial charge is 0.508 e. The highest BCUT2D eigenvalue weighted by atomic mass is 79.9. The fourth-order valence-electron chi connectivity index (χ4n) is 1.48. The molecule has 0 saturated heterocycles. The number of aromatic hydroxyl groups is 2. The fourth-order valence-corrected chi connectivity index (χ4v) is 1.74. The molecule has 0 unspecified atom stereocenters. The Kier molecular flexibility index (Phi) is 4.37. The van der Waals surface area contributed by atoms with Gasteiger partial charge in [0, 0.05) is 4.47 Å². The second-order valence-electron chi connectivity index (χ2n) is 3.95. The molecule has 0 heterocycles. The van der Waals surface area contributed by atoms with E-state index < -0.39 is 5.91 Å². The molecule has 20 heavy (non-hydrogen) atoms. The zero-order valence-corrected chi connectivity index (χ0v) is 11.8. The Morgan fingerprint density at radius 3 is 2.55 bits per heavy atom. The van der Waals surface area contributed by atoms with E-state index in [1.807, 2.05) is 24.3 Å². The minimum atomic E-state index is -0.605. The highest BCUT2D eigenvalue weighted by Crippen LogP contribution is 2.21. The maximum atomic E-state index is 11.8. The van der Waals surface area contributed by atoms with Crippen LogP contribution in [0.25, 0.3) is 0 Å². The summed E-state index contributed by atoms with van der Waals surface area (Å²) in [5.74, 6) is -0.934. The predicted molar refractivity (Wildman–Crippen MR) is 79.0 cm³/mol.